The molecule has 0 aliphatic carbocycles. The summed E-state index contributed by atoms with van der Waals surface area (Å²) in [5.41, 5.74) is 2.52. The number of nitrogens with one attached hydrogen (secondary N) is 4. The molecule has 0 saturated heterocycles. The van der Waals surface area contributed by atoms with Gasteiger partial charge in [-0.25, -0.2) is 13.4 Å². The minimum atomic E-state index is -3.74. The van der Waals surface area contributed by atoms with E-state index >= 15 is 0 Å². The Labute approximate surface area is 259 Å². The number of carbonyl (C=O) groups is 1. The smallest absolute Gasteiger partial charge is 0.261 e. The van der Waals surface area contributed by atoms with Gasteiger partial charge in [-0.2, -0.15) is 0 Å². The summed E-state index contributed by atoms with van der Waals surface area (Å²) in [6.45, 7) is 5.29. The number of sulfonamides is 1. The molecule has 230 valence electrons. The lowest BCUT2D eigenvalue weighted by molar-refractivity contribution is 0.0951. The SMILES string of the molecule is CC(C)(CCn1cnc2cc(C(=O)NCc3cc(=O)[nH]s3)ccc21)NC[C@H](O)c1cccc(NS(=O)(=O)c2ccccc2)c1. The van der Waals surface area contributed by atoms with Gasteiger partial charge in [-0.3, -0.25) is 18.7 Å². The first kappa shape index (κ1) is 31.1. The van der Waals surface area contributed by atoms with Crippen LogP contribution in [0.15, 0.2) is 94.9 Å². The lowest BCUT2D eigenvalue weighted by Crippen LogP contribution is -2.42. The number of aliphatic hydroxyl groups excluding tert-OH is 1. The monoisotopic (exact) mass is 634 g/mol. The van der Waals surface area contributed by atoms with Gasteiger partial charge in [0.15, 0.2) is 0 Å². The molecule has 0 aliphatic heterocycles. The van der Waals surface area contributed by atoms with Crippen LogP contribution in [0.2, 0.25) is 0 Å². The number of imidazole rings is 1. The lowest BCUT2D eigenvalue weighted by Gasteiger charge is -2.28. The molecule has 0 spiro atoms. The molecule has 2 heterocycles. The molecule has 0 radical (unpaired) electrons. The summed E-state index contributed by atoms with van der Waals surface area (Å²) in [5.74, 6) is -0.245. The van der Waals surface area contributed by atoms with Gasteiger partial charge in [-0.05, 0) is 68.3 Å². The average molecular weight is 635 g/mol. The second kappa shape index (κ2) is 13.1. The van der Waals surface area contributed by atoms with Crippen LogP contribution in [0.25, 0.3) is 11.0 Å². The fourth-order valence-electron chi connectivity index (χ4n) is 4.66. The fourth-order valence-corrected chi connectivity index (χ4v) is 6.33. The van der Waals surface area contributed by atoms with E-state index in [0.717, 1.165) is 16.8 Å². The normalized spacial score (nSPS) is 12.7. The Balaban J connectivity index is 1.14. The second-order valence-electron chi connectivity index (χ2n) is 11.1. The van der Waals surface area contributed by atoms with Crippen molar-refractivity contribution in [1.29, 1.82) is 0 Å². The van der Waals surface area contributed by atoms with Crippen LogP contribution in [0.1, 0.15) is 47.2 Å². The molecule has 0 fully saturated rings. The highest BCUT2D eigenvalue weighted by atomic mass is 32.2. The lowest BCUT2D eigenvalue weighted by atomic mass is 9.99. The number of β-amino-alcohol motifs (C(OH)–C–C–N with tert-alkyl or cyclic N) is 1. The number of fused-ring (bicyclic) bond motifs is 1. The summed E-state index contributed by atoms with van der Waals surface area (Å²) in [6, 6.07) is 21.7. The molecule has 1 amide bonds. The molecule has 5 rings (SSSR count). The van der Waals surface area contributed by atoms with Gasteiger partial charge in [0.05, 0.1) is 34.9 Å². The van der Waals surface area contributed by atoms with Gasteiger partial charge >= 0.3 is 0 Å². The largest absolute Gasteiger partial charge is 0.387 e. The van der Waals surface area contributed by atoms with Crippen LogP contribution in [0.5, 0.6) is 0 Å². The van der Waals surface area contributed by atoms with Crippen molar-refractivity contribution < 1.29 is 18.3 Å². The number of benzene rings is 3. The third-order valence-corrected chi connectivity index (χ3v) is 9.43. The Morgan fingerprint density at radius 1 is 1.07 bits per heavy atom. The maximum atomic E-state index is 12.7. The molecule has 44 heavy (non-hydrogen) atoms. The third-order valence-electron chi connectivity index (χ3n) is 7.21. The summed E-state index contributed by atoms with van der Waals surface area (Å²) in [7, 11) is -3.74. The molecule has 5 N–H and O–H groups in total. The summed E-state index contributed by atoms with van der Waals surface area (Å²) >= 11 is 1.20. The first-order valence-corrected chi connectivity index (χ1v) is 16.3. The van der Waals surface area contributed by atoms with Crippen molar-refractivity contribution >= 4 is 44.2 Å². The van der Waals surface area contributed by atoms with E-state index in [4.69, 9.17) is 0 Å². The van der Waals surface area contributed by atoms with E-state index in [-0.39, 0.29) is 35.0 Å². The number of anilines is 1. The van der Waals surface area contributed by atoms with Gasteiger partial charge in [0.25, 0.3) is 21.5 Å². The summed E-state index contributed by atoms with van der Waals surface area (Å²) < 4.78 is 32.6. The number of carbonyl (C=O) groups excluding carboxylic acids is 1. The Morgan fingerprint density at radius 2 is 1.86 bits per heavy atom. The van der Waals surface area contributed by atoms with Crippen molar-refractivity contribution in [3.8, 4) is 0 Å². The van der Waals surface area contributed by atoms with E-state index in [0.29, 0.717) is 28.9 Å². The molecule has 13 heteroatoms. The Morgan fingerprint density at radius 3 is 2.61 bits per heavy atom. The highest BCUT2D eigenvalue weighted by Crippen LogP contribution is 2.22. The van der Waals surface area contributed by atoms with Crippen molar-refractivity contribution in [2.75, 3.05) is 11.3 Å². The number of aliphatic hydroxyl groups is 1. The first-order valence-electron chi connectivity index (χ1n) is 14.0. The van der Waals surface area contributed by atoms with Crippen LogP contribution in [-0.4, -0.2) is 45.4 Å². The van der Waals surface area contributed by atoms with E-state index < -0.39 is 16.1 Å². The molecule has 0 saturated carbocycles. The van der Waals surface area contributed by atoms with Crippen molar-refractivity contribution in [2.24, 2.45) is 0 Å². The van der Waals surface area contributed by atoms with Gasteiger partial charge in [0, 0.05) is 40.8 Å². The minimum Gasteiger partial charge on any atom is -0.387 e. The number of aromatic nitrogens is 3. The number of hydrogen-bond donors (Lipinski definition) is 5. The highest BCUT2D eigenvalue weighted by molar-refractivity contribution is 7.92. The molecule has 2 aromatic heterocycles. The van der Waals surface area contributed by atoms with Crippen LogP contribution in [-0.2, 0) is 23.1 Å². The second-order valence-corrected chi connectivity index (χ2v) is 13.7. The van der Waals surface area contributed by atoms with Gasteiger partial charge in [0.1, 0.15) is 0 Å². The van der Waals surface area contributed by atoms with Crippen LogP contribution in [0.3, 0.4) is 0 Å². The zero-order valence-electron chi connectivity index (χ0n) is 24.3. The van der Waals surface area contributed by atoms with Gasteiger partial charge in [-0.1, -0.05) is 41.9 Å². The van der Waals surface area contributed by atoms with Gasteiger partial charge in [0.2, 0.25) is 0 Å². The third kappa shape index (κ3) is 7.80. The standard InChI is InChI=1S/C31H34N6O5S2/c1-31(2,34-19-28(38)21-7-6-8-23(15-21)36-44(41,42)25-9-4-3-5-10-25)13-14-37-20-33-26-16-22(11-12-27(26)37)30(40)32-18-24-17-29(39)35-43-24/h3-12,15-17,20,28,34,36,38H,13-14,18-19H2,1-2H3,(H,32,40)(H,35,39)/t28-/m0/s1. The van der Waals surface area contributed by atoms with Crippen LogP contribution < -0.4 is 20.9 Å². The van der Waals surface area contributed by atoms with Crippen molar-refractivity contribution in [1.82, 2.24) is 24.6 Å². The number of aryl methyl sites for hydroxylation is 1. The number of H-pyrrole nitrogens is 1. The first-order chi connectivity index (χ1) is 21.0. The van der Waals surface area contributed by atoms with E-state index in [1.54, 1.807) is 60.9 Å². The quantitative estimate of drug-likeness (QED) is 0.131. The Kier molecular flexibility index (Phi) is 9.30. The molecule has 3 aromatic carbocycles. The zero-order chi connectivity index (χ0) is 31.3. The number of nitrogens with zero attached hydrogens (tertiary/aromatic N) is 2. The average Bonchev–Trinajstić information content (AvgIpc) is 3.63. The maximum absolute atomic E-state index is 12.7. The molecule has 5 aromatic rings. The minimum absolute atomic E-state index is 0.162. The predicted molar refractivity (Wildman–Crippen MR) is 171 cm³/mol. The van der Waals surface area contributed by atoms with Crippen LogP contribution in [0, 0.1) is 0 Å². The maximum Gasteiger partial charge on any atom is 0.261 e. The van der Waals surface area contributed by atoms with E-state index in [2.05, 4.69) is 24.7 Å². The number of amides is 1. The van der Waals surface area contributed by atoms with Crippen LogP contribution >= 0.6 is 11.5 Å². The Hall–Kier alpha value is -4.30. The molecule has 0 bridgehead atoms. The topological polar surface area (TPSA) is 158 Å². The highest BCUT2D eigenvalue weighted by Gasteiger charge is 2.21. The molecular formula is C31H34N6O5S2. The fraction of sp³-hybridized carbons (Fsp3) is 0.258. The Bertz CT molecular complexity index is 1910. The van der Waals surface area contributed by atoms with Gasteiger partial charge < -0.3 is 20.3 Å². The van der Waals surface area contributed by atoms with Crippen molar-refractivity contribution in [3.63, 3.8) is 0 Å². The van der Waals surface area contributed by atoms with E-state index in [1.165, 1.54) is 29.7 Å². The zero-order valence-corrected chi connectivity index (χ0v) is 25.9. The molecular weight excluding hydrogens is 601 g/mol. The summed E-state index contributed by atoms with van der Waals surface area (Å²) in [6.07, 6.45) is 1.62. The number of aromatic amines is 1. The van der Waals surface area contributed by atoms with Crippen molar-refractivity contribution in [2.45, 2.75) is 49.9 Å². The molecule has 11 nitrogen and oxygen atoms in total. The molecule has 1 atom stereocenters. The predicted octanol–water partition coefficient (Wildman–Crippen LogP) is 4.01. The van der Waals surface area contributed by atoms with Crippen LogP contribution in [0.4, 0.5) is 5.69 Å². The number of rotatable bonds is 13. The van der Waals surface area contributed by atoms with Gasteiger partial charge in [-0.15, -0.1) is 0 Å². The molecule has 0 unspecified atom stereocenters. The summed E-state index contributed by atoms with van der Waals surface area (Å²) in [5, 5.41) is 17.1. The summed E-state index contributed by atoms with van der Waals surface area (Å²) in [4.78, 5) is 29.3. The van der Waals surface area contributed by atoms with Crippen molar-refractivity contribution in [3.05, 3.63) is 112 Å². The number of hydrogen-bond acceptors (Lipinski definition) is 8. The van der Waals surface area contributed by atoms with E-state index in [1.807, 2.05) is 24.5 Å². The molecule has 0 aliphatic rings. The van der Waals surface area contributed by atoms with E-state index in [9.17, 15) is 23.1 Å².